The molecule has 0 radical (unpaired) electrons. The lowest BCUT2D eigenvalue weighted by atomic mass is 10.0. The van der Waals surface area contributed by atoms with Crippen molar-refractivity contribution in [3.63, 3.8) is 0 Å². The fourth-order valence-electron chi connectivity index (χ4n) is 2.55. The molecular weight excluding hydrogens is 251 g/mol. The van der Waals surface area contributed by atoms with Gasteiger partial charge >= 0.3 is 0 Å². The van der Waals surface area contributed by atoms with Crippen LogP contribution in [0.4, 0.5) is 15.8 Å². The first kappa shape index (κ1) is 14.5. The van der Waals surface area contributed by atoms with E-state index in [4.69, 9.17) is 5.73 Å². The summed E-state index contributed by atoms with van der Waals surface area (Å²) in [5.74, 6) is -0.256. The molecule has 0 heterocycles. The highest BCUT2D eigenvalue weighted by atomic mass is 19.1. The van der Waals surface area contributed by atoms with E-state index in [2.05, 4.69) is 32.0 Å². The lowest BCUT2D eigenvalue weighted by Gasteiger charge is -2.25. The van der Waals surface area contributed by atoms with Gasteiger partial charge in [-0.25, -0.2) is 4.39 Å². The number of hydrogen-bond donors (Lipinski definition) is 1. The highest BCUT2D eigenvalue weighted by Gasteiger charge is 2.16. The maximum absolute atomic E-state index is 14.0. The Morgan fingerprint density at radius 2 is 1.70 bits per heavy atom. The standard InChI is InChI=1S/C17H21FN2/c1-11-8-12(2)10-14(9-11)20(4)16-7-5-6-15(18)17(16)13(3)19/h5-10,13H,19H2,1-4H3/t13-/m0/s1. The Morgan fingerprint density at radius 3 is 2.25 bits per heavy atom. The van der Waals surface area contributed by atoms with Crippen molar-refractivity contribution in [1.29, 1.82) is 0 Å². The molecule has 0 aliphatic rings. The Kier molecular flexibility index (Phi) is 4.09. The minimum atomic E-state index is -0.348. The highest BCUT2D eigenvalue weighted by molar-refractivity contribution is 5.67. The van der Waals surface area contributed by atoms with E-state index in [1.54, 1.807) is 13.0 Å². The van der Waals surface area contributed by atoms with Gasteiger partial charge in [0.2, 0.25) is 0 Å². The van der Waals surface area contributed by atoms with Crippen molar-refractivity contribution in [2.75, 3.05) is 11.9 Å². The molecule has 0 saturated carbocycles. The van der Waals surface area contributed by atoms with E-state index in [0.717, 1.165) is 11.4 Å². The second-order valence-electron chi connectivity index (χ2n) is 5.37. The van der Waals surface area contributed by atoms with Crippen molar-refractivity contribution in [3.05, 3.63) is 58.9 Å². The Hall–Kier alpha value is -1.87. The largest absolute Gasteiger partial charge is 0.344 e. The predicted molar refractivity (Wildman–Crippen MR) is 83.0 cm³/mol. The predicted octanol–water partition coefficient (Wildman–Crippen LogP) is 4.23. The van der Waals surface area contributed by atoms with Gasteiger partial charge in [-0.3, -0.25) is 0 Å². The fourth-order valence-corrected chi connectivity index (χ4v) is 2.55. The molecule has 1 atom stereocenters. The fraction of sp³-hybridized carbons (Fsp3) is 0.294. The monoisotopic (exact) mass is 272 g/mol. The van der Waals surface area contributed by atoms with Crippen molar-refractivity contribution >= 4 is 11.4 Å². The zero-order valence-electron chi connectivity index (χ0n) is 12.4. The molecular formula is C17H21FN2. The van der Waals surface area contributed by atoms with Gasteiger partial charge < -0.3 is 10.6 Å². The third kappa shape index (κ3) is 2.83. The molecule has 2 N–H and O–H groups in total. The molecule has 2 aromatic carbocycles. The first-order valence-corrected chi connectivity index (χ1v) is 6.76. The minimum Gasteiger partial charge on any atom is -0.344 e. The molecule has 0 fully saturated rings. The number of nitrogens with zero attached hydrogens (tertiary/aromatic N) is 1. The van der Waals surface area contributed by atoms with Crippen LogP contribution in [0.3, 0.4) is 0 Å². The van der Waals surface area contributed by atoms with Gasteiger partial charge in [-0.15, -0.1) is 0 Å². The van der Waals surface area contributed by atoms with Crippen molar-refractivity contribution in [2.45, 2.75) is 26.8 Å². The molecule has 0 amide bonds. The van der Waals surface area contributed by atoms with Crippen LogP contribution >= 0.6 is 0 Å². The zero-order chi connectivity index (χ0) is 14.9. The van der Waals surface area contributed by atoms with Gasteiger partial charge in [0.1, 0.15) is 5.82 Å². The molecule has 0 unspecified atom stereocenters. The van der Waals surface area contributed by atoms with Crippen molar-refractivity contribution in [2.24, 2.45) is 5.73 Å². The van der Waals surface area contributed by atoms with E-state index in [-0.39, 0.29) is 11.9 Å². The quantitative estimate of drug-likeness (QED) is 0.906. The second-order valence-corrected chi connectivity index (χ2v) is 5.37. The Morgan fingerprint density at radius 1 is 1.10 bits per heavy atom. The number of halogens is 1. The van der Waals surface area contributed by atoms with Crippen LogP contribution in [0.1, 0.15) is 29.7 Å². The maximum Gasteiger partial charge on any atom is 0.130 e. The molecule has 2 aromatic rings. The Bertz CT molecular complexity index is 600. The number of aryl methyl sites for hydroxylation is 2. The second kappa shape index (κ2) is 5.63. The van der Waals surface area contributed by atoms with Gasteiger partial charge in [0.15, 0.2) is 0 Å². The van der Waals surface area contributed by atoms with Gasteiger partial charge in [-0.2, -0.15) is 0 Å². The summed E-state index contributed by atoms with van der Waals surface area (Å²) in [5, 5.41) is 0. The number of hydrogen-bond acceptors (Lipinski definition) is 2. The van der Waals surface area contributed by atoms with Crippen LogP contribution in [-0.4, -0.2) is 7.05 Å². The maximum atomic E-state index is 14.0. The summed E-state index contributed by atoms with van der Waals surface area (Å²) < 4.78 is 14.0. The molecule has 0 aliphatic heterocycles. The zero-order valence-corrected chi connectivity index (χ0v) is 12.4. The van der Waals surface area contributed by atoms with Crippen LogP contribution in [0.15, 0.2) is 36.4 Å². The minimum absolute atomic E-state index is 0.256. The summed E-state index contributed by atoms with van der Waals surface area (Å²) >= 11 is 0. The van der Waals surface area contributed by atoms with Gasteiger partial charge in [0.05, 0.1) is 0 Å². The van der Waals surface area contributed by atoms with E-state index in [9.17, 15) is 4.39 Å². The average molecular weight is 272 g/mol. The molecule has 3 heteroatoms. The van der Waals surface area contributed by atoms with E-state index in [1.807, 2.05) is 18.0 Å². The van der Waals surface area contributed by atoms with E-state index in [1.165, 1.54) is 17.2 Å². The number of benzene rings is 2. The summed E-state index contributed by atoms with van der Waals surface area (Å²) in [6.07, 6.45) is 0. The van der Waals surface area contributed by atoms with Gasteiger partial charge in [0.25, 0.3) is 0 Å². The molecule has 0 aromatic heterocycles. The molecule has 20 heavy (non-hydrogen) atoms. The van der Waals surface area contributed by atoms with Crippen LogP contribution in [0.25, 0.3) is 0 Å². The average Bonchev–Trinajstić information content (AvgIpc) is 2.35. The lowest BCUT2D eigenvalue weighted by molar-refractivity contribution is 0.594. The van der Waals surface area contributed by atoms with Crippen LogP contribution in [0, 0.1) is 19.7 Å². The molecule has 0 saturated heterocycles. The SMILES string of the molecule is Cc1cc(C)cc(N(C)c2cccc(F)c2[C@H](C)N)c1. The normalized spacial score (nSPS) is 12.3. The molecule has 2 rings (SSSR count). The Balaban J connectivity index is 2.53. The van der Waals surface area contributed by atoms with Gasteiger partial charge in [-0.05, 0) is 56.2 Å². The third-order valence-corrected chi connectivity index (χ3v) is 3.44. The summed E-state index contributed by atoms with van der Waals surface area (Å²) in [5.41, 5.74) is 10.7. The summed E-state index contributed by atoms with van der Waals surface area (Å²) in [7, 11) is 1.94. The lowest BCUT2D eigenvalue weighted by Crippen LogP contribution is -2.17. The number of rotatable bonds is 3. The smallest absolute Gasteiger partial charge is 0.130 e. The van der Waals surface area contributed by atoms with E-state index >= 15 is 0 Å². The van der Waals surface area contributed by atoms with Crippen LogP contribution in [0.2, 0.25) is 0 Å². The van der Waals surface area contributed by atoms with E-state index < -0.39 is 0 Å². The first-order valence-electron chi connectivity index (χ1n) is 6.76. The summed E-state index contributed by atoms with van der Waals surface area (Å²) in [6, 6.07) is 11.0. The Labute approximate surface area is 120 Å². The van der Waals surface area contributed by atoms with Crippen molar-refractivity contribution in [3.8, 4) is 0 Å². The molecule has 0 aliphatic carbocycles. The molecule has 0 bridgehead atoms. The van der Waals surface area contributed by atoms with Gasteiger partial charge in [0, 0.05) is 30.0 Å². The topological polar surface area (TPSA) is 29.3 Å². The van der Waals surface area contributed by atoms with Crippen molar-refractivity contribution < 1.29 is 4.39 Å². The first-order chi connectivity index (χ1) is 9.40. The third-order valence-electron chi connectivity index (χ3n) is 3.44. The molecule has 106 valence electrons. The number of anilines is 2. The summed E-state index contributed by atoms with van der Waals surface area (Å²) in [6.45, 7) is 5.92. The van der Waals surface area contributed by atoms with Crippen LogP contribution in [-0.2, 0) is 0 Å². The van der Waals surface area contributed by atoms with Crippen LogP contribution < -0.4 is 10.6 Å². The highest BCUT2D eigenvalue weighted by Crippen LogP contribution is 2.32. The molecule has 0 spiro atoms. The van der Waals surface area contributed by atoms with Crippen molar-refractivity contribution in [1.82, 2.24) is 0 Å². The van der Waals surface area contributed by atoms with Gasteiger partial charge in [-0.1, -0.05) is 12.1 Å². The number of nitrogens with two attached hydrogens (primary N) is 1. The van der Waals surface area contributed by atoms with Crippen LogP contribution in [0.5, 0.6) is 0 Å². The van der Waals surface area contributed by atoms with E-state index in [0.29, 0.717) is 5.56 Å². The summed E-state index contributed by atoms with van der Waals surface area (Å²) in [4.78, 5) is 1.99. The molecule has 2 nitrogen and oxygen atoms in total.